The molecule has 102 valence electrons. The molecule has 2 aromatic rings. The molecular formula is C13H19N5O. The van der Waals surface area contributed by atoms with Crippen molar-refractivity contribution in [2.45, 2.75) is 39.9 Å². The minimum Gasteiger partial charge on any atom is -0.407 e. The molecule has 6 heteroatoms. The van der Waals surface area contributed by atoms with Crippen LogP contribution in [-0.4, -0.2) is 21.2 Å². The van der Waals surface area contributed by atoms with Crippen LogP contribution < -0.4 is 10.6 Å². The van der Waals surface area contributed by atoms with Crippen molar-refractivity contribution in [3.8, 4) is 0 Å². The van der Waals surface area contributed by atoms with Crippen molar-refractivity contribution in [1.82, 2.24) is 20.5 Å². The molecule has 0 spiro atoms. The highest BCUT2D eigenvalue weighted by atomic mass is 16.4. The fourth-order valence-electron chi connectivity index (χ4n) is 1.56. The molecule has 2 heterocycles. The van der Waals surface area contributed by atoms with Gasteiger partial charge in [-0.15, -0.1) is 5.10 Å². The van der Waals surface area contributed by atoms with Gasteiger partial charge in [0.15, 0.2) is 0 Å². The van der Waals surface area contributed by atoms with Crippen LogP contribution >= 0.6 is 0 Å². The van der Waals surface area contributed by atoms with E-state index < -0.39 is 0 Å². The van der Waals surface area contributed by atoms with E-state index in [9.17, 15) is 0 Å². The lowest BCUT2D eigenvalue weighted by Gasteiger charge is -2.05. The first kappa shape index (κ1) is 13.5. The number of anilines is 1. The van der Waals surface area contributed by atoms with Crippen LogP contribution in [0.2, 0.25) is 0 Å². The van der Waals surface area contributed by atoms with Gasteiger partial charge >= 0.3 is 6.01 Å². The second kappa shape index (κ2) is 6.29. The first-order valence-corrected chi connectivity index (χ1v) is 6.34. The van der Waals surface area contributed by atoms with Crippen molar-refractivity contribution in [3.63, 3.8) is 0 Å². The van der Waals surface area contributed by atoms with Crippen LogP contribution in [0.15, 0.2) is 22.9 Å². The van der Waals surface area contributed by atoms with Gasteiger partial charge in [-0.3, -0.25) is 4.98 Å². The minimum absolute atomic E-state index is 0.391. The zero-order valence-electron chi connectivity index (χ0n) is 11.5. The first-order chi connectivity index (χ1) is 9.15. The molecule has 2 aromatic heterocycles. The zero-order valence-corrected chi connectivity index (χ0v) is 11.5. The summed E-state index contributed by atoms with van der Waals surface area (Å²) < 4.78 is 5.48. The van der Waals surface area contributed by atoms with E-state index in [1.165, 1.54) is 0 Å². The standard InChI is InChI=1S/C13H19N5O/c1-9(2)15-8-12-17-18-13(19-12)16-7-11-4-5-14-6-10(11)3/h4-6,9,15H,7-8H2,1-3H3,(H,16,18). The summed E-state index contributed by atoms with van der Waals surface area (Å²) in [6.07, 6.45) is 3.61. The number of hydrogen-bond donors (Lipinski definition) is 2. The van der Waals surface area contributed by atoms with E-state index in [0.717, 1.165) is 11.1 Å². The van der Waals surface area contributed by atoms with E-state index in [1.54, 1.807) is 6.20 Å². The minimum atomic E-state index is 0.391. The summed E-state index contributed by atoms with van der Waals surface area (Å²) in [5, 5.41) is 14.3. The number of aryl methyl sites for hydroxylation is 1. The Bertz CT molecular complexity index is 523. The Labute approximate surface area is 112 Å². The molecule has 0 saturated heterocycles. The molecule has 0 unspecified atom stereocenters. The molecular weight excluding hydrogens is 242 g/mol. The summed E-state index contributed by atoms with van der Waals surface area (Å²) in [4.78, 5) is 4.06. The fourth-order valence-corrected chi connectivity index (χ4v) is 1.56. The van der Waals surface area contributed by atoms with E-state index in [0.29, 0.717) is 31.0 Å². The largest absolute Gasteiger partial charge is 0.407 e. The third-order valence-electron chi connectivity index (χ3n) is 2.69. The van der Waals surface area contributed by atoms with Gasteiger partial charge in [0.05, 0.1) is 6.54 Å². The molecule has 2 N–H and O–H groups in total. The van der Waals surface area contributed by atoms with Gasteiger partial charge in [0.1, 0.15) is 0 Å². The molecule has 0 aliphatic heterocycles. The predicted octanol–water partition coefficient (Wildman–Crippen LogP) is 1.88. The summed E-state index contributed by atoms with van der Waals surface area (Å²) >= 11 is 0. The van der Waals surface area contributed by atoms with Crippen LogP contribution in [0.5, 0.6) is 0 Å². The lowest BCUT2D eigenvalue weighted by molar-refractivity contribution is 0.458. The SMILES string of the molecule is Cc1cnccc1CNc1nnc(CNC(C)C)o1. The maximum atomic E-state index is 5.48. The average molecular weight is 261 g/mol. The lowest BCUT2D eigenvalue weighted by Crippen LogP contribution is -2.21. The molecule has 0 atom stereocenters. The lowest BCUT2D eigenvalue weighted by atomic mass is 10.2. The van der Waals surface area contributed by atoms with Gasteiger partial charge in [0.25, 0.3) is 0 Å². The van der Waals surface area contributed by atoms with Crippen LogP contribution in [0, 0.1) is 6.92 Å². The molecule has 0 amide bonds. The van der Waals surface area contributed by atoms with E-state index in [2.05, 4.69) is 39.7 Å². The van der Waals surface area contributed by atoms with Crippen LogP contribution in [0.4, 0.5) is 6.01 Å². The third-order valence-corrected chi connectivity index (χ3v) is 2.69. The number of hydrogen-bond acceptors (Lipinski definition) is 6. The number of rotatable bonds is 6. The van der Waals surface area contributed by atoms with Gasteiger partial charge in [-0.2, -0.15) is 0 Å². The van der Waals surface area contributed by atoms with Crippen molar-refractivity contribution in [2.75, 3.05) is 5.32 Å². The molecule has 0 aliphatic carbocycles. The Balaban J connectivity index is 1.88. The predicted molar refractivity (Wildman–Crippen MR) is 72.6 cm³/mol. The van der Waals surface area contributed by atoms with Crippen molar-refractivity contribution < 1.29 is 4.42 Å². The van der Waals surface area contributed by atoms with E-state index in [-0.39, 0.29) is 0 Å². The highest BCUT2D eigenvalue weighted by Crippen LogP contribution is 2.10. The Morgan fingerprint density at radius 2 is 2.11 bits per heavy atom. The van der Waals surface area contributed by atoms with E-state index >= 15 is 0 Å². The molecule has 0 fully saturated rings. The molecule has 19 heavy (non-hydrogen) atoms. The summed E-state index contributed by atoms with van der Waals surface area (Å²) in [5.74, 6) is 0.586. The Morgan fingerprint density at radius 1 is 1.26 bits per heavy atom. The first-order valence-electron chi connectivity index (χ1n) is 6.34. The van der Waals surface area contributed by atoms with Crippen LogP contribution in [0.1, 0.15) is 30.9 Å². The average Bonchev–Trinajstić information content (AvgIpc) is 2.83. The second-order valence-electron chi connectivity index (χ2n) is 4.69. The Morgan fingerprint density at radius 3 is 2.84 bits per heavy atom. The molecule has 0 radical (unpaired) electrons. The van der Waals surface area contributed by atoms with Gasteiger partial charge in [0.2, 0.25) is 5.89 Å². The van der Waals surface area contributed by atoms with E-state index in [1.807, 2.05) is 19.2 Å². The molecule has 0 aliphatic rings. The van der Waals surface area contributed by atoms with Crippen LogP contribution in [0.3, 0.4) is 0 Å². The van der Waals surface area contributed by atoms with Gasteiger partial charge in [-0.05, 0) is 24.1 Å². The summed E-state index contributed by atoms with van der Waals surface area (Å²) in [6.45, 7) is 7.40. The summed E-state index contributed by atoms with van der Waals surface area (Å²) in [5.41, 5.74) is 2.30. The molecule has 0 saturated carbocycles. The van der Waals surface area contributed by atoms with Crippen LogP contribution in [0.25, 0.3) is 0 Å². The number of nitrogens with zero attached hydrogens (tertiary/aromatic N) is 3. The maximum Gasteiger partial charge on any atom is 0.315 e. The third kappa shape index (κ3) is 4.03. The molecule has 0 bridgehead atoms. The van der Waals surface area contributed by atoms with E-state index in [4.69, 9.17) is 4.42 Å². The van der Waals surface area contributed by atoms with Gasteiger partial charge < -0.3 is 15.1 Å². The van der Waals surface area contributed by atoms with Crippen molar-refractivity contribution in [3.05, 3.63) is 35.5 Å². The maximum absolute atomic E-state index is 5.48. The van der Waals surface area contributed by atoms with Crippen molar-refractivity contribution >= 4 is 6.01 Å². The fraction of sp³-hybridized carbons (Fsp3) is 0.462. The second-order valence-corrected chi connectivity index (χ2v) is 4.69. The highest BCUT2D eigenvalue weighted by Gasteiger charge is 2.06. The monoisotopic (exact) mass is 261 g/mol. The number of nitrogens with one attached hydrogen (secondary N) is 2. The quantitative estimate of drug-likeness (QED) is 0.827. The molecule has 0 aromatic carbocycles. The van der Waals surface area contributed by atoms with Gasteiger partial charge in [-0.1, -0.05) is 18.9 Å². The Kier molecular flexibility index (Phi) is 4.46. The number of pyridine rings is 1. The summed E-state index contributed by atoms with van der Waals surface area (Å²) in [7, 11) is 0. The van der Waals surface area contributed by atoms with Crippen molar-refractivity contribution in [2.24, 2.45) is 0 Å². The molecule has 6 nitrogen and oxygen atoms in total. The number of aromatic nitrogens is 3. The smallest absolute Gasteiger partial charge is 0.315 e. The Hall–Kier alpha value is -1.95. The van der Waals surface area contributed by atoms with Crippen LogP contribution in [-0.2, 0) is 13.1 Å². The topological polar surface area (TPSA) is 75.9 Å². The summed E-state index contributed by atoms with van der Waals surface area (Å²) in [6, 6.07) is 2.81. The zero-order chi connectivity index (χ0) is 13.7. The van der Waals surface area contributed by atoms with Crippen molar-refractivity contribution in [1.29, 1.82) is 0 Å². The molecule has 2 rings (SSSR count). The normalized spacial score (nSPS) is 10.9. The van der Waals surface area contributed by atoms with Gasteiger partial charge in [0, 0.05) is 25.0 Å². The van der Waals surface area contributed by atoms with Gasteiger partial charge in [-0.25, -0.2) is 0 Å². The highest BCUT2D eigenvalue weighted by molar-refractivity contribution is 5.27.